The summed E-state index contributed by atoms with van der Waals surface area (Å²) in [4.78, 5) is 0. The van der Waals surface area contributed by atoms with Crippen molar-refractivity contribution < 1.29 is 11.1 Å². The van der Waals surface area contributed by atoms with Gasteiger partial charge in [-0.25, -0.2) is 0 Å². The van der Waals surface area contributed by atoms with E-state index in [1.165, 1.54) is 10.4 Å². The summed E-state index contributed by atoms with van der Waals surface area (Å²) in [7, 11) is -5.02. The number of rotatable bonds is 6. The zero-order valence-electron chi connectivity index (χ0n) is 15.2. The second kappa shape index (κ2) is 7.33. The fourth-order valence-corrected chi connectivity index (χ4v) is 12.3. The van der Waals surface area contributed by atoms with E-state index in [4.69, 9.17) is 8.23 Å². The molecule has 2 aromatic carbocycles. The summed E-state index contributed by atoms with van der Waals surface area (Å²) in [5.41, 5.74) is 0. The van der Waals surface area contributed by atoms with E-state index in [-0.39, 0.29) is 2.85 Å². The third-order valence-corrected chi connectivity index (χ3v) is 11.7. The van der Waals surface area contributed by atoms with Gasteiger partial charge in [0, 0.05) is 0 Å². The molecule has 5 heteroatoms. The lowest BCUT2D eigenvalue weighted by Gasteiger charge is -2.35. The number of hydrogen-bond acceptors (Lipinski definition) is 2. The highest BCUT2D eigenvalue weighted by Crippen LogP contribution is 2.13. The van der Waals surface area contributed by atoms with Gasteiger partial charge in [-0.05, 0) is 36.6 Å². The van der Waals surface area contributed by atoms with Gasteiger partial charge >= 0.3 is 11.4 Å². The largest absolute Gasteiger partial charge is 1.00 e. The van der Waals surface area contributed by atoms with Gasteiger partial charge in [-0.3, -0.25) is 0 Å². The molecule has 0 radical (unpaired) electrons. The van der Waals surface area contributed by atoms with Gasteiger partial charge in [-0.15, -0.1) is 0 Å². The maximum atomic E-state index is 6.61. The minimum Gasteiger partial charge on any atom is -0.433 e. The topological polar surface area (TPSA) is 18.5 Å². The average molecular weight is 335 g/mol. The van der Waals surface area contributed by atoms with Crippen molar-refractivity contribution >= 4 is 37.0 Å². The van der Waals surface area contributed by atoms with Crippen LogP contribution in [0.2, 0.25) is 26.2 Å². The van der Waals surface area contributed by atoms with Gasteiger partial charge in [-0.1, -0.05) is 60.7 Å². The molecule has 2 rings (SSSR count). The maximum absolute atomic E-state index is 6.61. The number of benzene rings is 2. The molecule has 21 heavy (non-hydrogen) atoms. The SMILES string of the molecule is C[SiH](C)O[Si](O[SiH](C)C)(c1ccccc1)c1ccccc1.[H+].[H+]. The van der Waals surface area contributed by atoms with Crippen molar-refractivity contribution in [1.29, 1.82) is 0 Å². The minimum absolute atomic E-state index is 0. The average Bonchev–Trinajstić information content (AvgIpc) is 2.47. The first-order valence-electron chi connectivity index (χ1n) is 7.51. The highest BCUT2D eigenvalue weighted by Gasteiger charge is 2.43. The highest BCUT2D eigenvalue weighted by molar-refractivity contribution is 6.98. The van der Waals surface area contributed by atoms with Crippen molar-refractivity contribution in [3.8, 4) is 0 Å². The Bertz CT molecular complexity index is 502. The van der Waals surface area contributed by atoms with Crippen LogP contribution in [0.25, 0.3) is 0 Å². The van der Waals surface area contributed by atoms with Gasteiger partial charge in [0.2, 0.25) is 0 Å². The molecule has 2 nitrogen and oxygen atoms in total. The van der Waals surface area contributed by atoms with E-state index in [0.717, 1.165) is 0 Å². The van der Waals surface area contributed by atoms with Gasteiger partial charge < -0.3 is 8.23 Å². The van der Waals surface area contributed by atoms with Crippen LogP contribution in [-0.2, 0) is 8.23 Å². The summed E-state index contributed by atoms with van der Waals surface area (Å²) in [6.45, 7) is 8.88. The van der Waals surface area contributed by atoms with E-state index >= 15 is 0 Å². The van der Waals surface area contributed by atoms with Gasteiger partial charge in [0.05, 0.1) is 0 Å². The van der Waals surface area contributed by atoms with Gasteiger partial charge in [0.15, 0.2) is 18.1 Å². The molecule has 0 aromatic heterocycles. The molecule has 0 bridgehead atoms. The second-order valence-corrected chi connectivity index (χ2v) is 14.2. The van der Waals surface area contributed by atoms with Crippen molar-refractivity contribution in [1.82, 2.24) is 0 Å². The van der Waals surface area contributed by atoms with Gasteiger partial charge in [0.1, 0.15) is 0 Å². The molecule has 112 valence electrons. The van der Waals surface area contributed by atoms with Gasteiger partial charge in [0.25, 0.3) is 0 Å². The molecule has 0 heterocycles. The fourth-order valence-electron chi connectivity index (χ4n) is 2.45. The summed E-state index contributed by atoms with van der Waals surface area (Å²) in [5, 5.41) is 2.44. The molecular weight excluding hydrogens is 308 g/mol. The van der Waals surface area contributed by atoms with E-state index in [1.807, 2.05) is 12.1 Å². The highest BCUT2D eigenvalue weighted by atomic mass is 28.5. The predicted octanol–water partition coefficient (Wildman–Crippen LogP) is 2.47. The molecule has 0 atom stereocenters. The van der Waals surface area contributed by atoms with Crippen molar-refractivity contribution in [2.75, 3.05) is 0 Å². The van der Waals surface area contributed by atoms with E-state index in [2.05, 4.69) is 74.7 Å². The Morgan fingerprint density at radius 3 is 1.29 bits per heavy atom. The second-order valence-electron chi connectivity index (χ2n) is 5.68. The Morgan fingerprint density at radius 1 is 0.667 bits per heavy atom. The van der Waals surface area contributed by atoms with Crippen molar-refractivity contribution in [3.05, 3.63) is 60.7 Å². The Labute approximate surface area is 135 Å². The van der Waals surface area contributed by atoms with E-state index in [0.29, 0.717) is 0 Å². The Kier molecular flexibility index (Phi) is 5.72. The molecular formula is C16H26O2Si3+2. The quantitative estimate of drug-likeness (QED) is 0.756. The molecule has 0 saturated carbocycles. The Hall–Kier alpha value is -0.989. The minimum atomic E-state index is -2.55. The zero-order chi connectivity index (χ0) is 15.3. The fraction of sp³-hybridized carbons (Fsp3) is 0.250. The van der Waals surface area contributed by atoms with Crippen LogP contribution < -0.4 is 10.4 Å². The molecule has 0 amide bonds. The monoisotopic (exact) mass is 334 g/mol. The summed E-state index contributed by atoms with van der Waals surface area (Å²) >= 11 is 0. The molecule has 0 saturated heterocycles. The van der Waals surface area contributed by atoms with Crippen molar-refractivity contribution in [2.24, 2.45) is 0 Å². The van der Waals surface area contributed by atoms with E-state index < -0.39 is 26.6 Å². The first kappa shape index (κ1) is 16.4. The molecule has 0 unspecified atom stereocenters. The normalized spacial score (nSPS) is 12.1. The van der Waals surface area contributed by atoms with E-state index in [1.54, 1.807) is 0 Å². The van der Waals surface area contributed by atoms with Crippen LogP contribution in [0.3, 0.4) is 0 Å². The Balaban J connectivity index is 0.00000242. The maximum Gasteiger partial charge on any atom is 1.00 e. The summed E-state index contributed by atoms with van der Waals surface area (Å²) in [6.07, 6.45) is 0. The smallest absolute Gasteiger partial charge is 0.433 e. The first-order chi connectivity index (χ1) is 10.0. The molecule has 0 spiro atoms. The zero-order valence-corrected chi connectivity index (χ0v) is 16.6. The number of hydrogen-bond donors (Lipinski definition) is 0. The lowest BCUT2D eigenvalue weighted by Crippen LogP contribution is -2.66. The molecule has 0 aliphatic rings. The van der Waals surface area contributed by atoms with Crippen LogP contribution in [0.1, 0.15) is 2.85 Å². The molecule has 2 aromatic rings. The molecule has 0 fully saturated rings. The third-order valence-electron chi connectivity index (χ3n) is 3.11. The predicted molar refractivity (Wildman–Crippen MR) is 100 cm³/mol. The van der Waals surface area contributed by atoms with Crippen LogP contribution in [0, 0.1) is 0 Å². The van der Waals surface area contributed by atoms with Crippen LogP contribution in [0.4, 0.5) is 0 Å². The summed E-state index contributed by atoms with van der Waals surface area (Å²) in [6, 6.07) is 21.1. The molecule has 0 aliphatic carbocycles. The van der Waals surface area contributed by atoms with Crippen LogP contribution in [0.15, 0.2) is 60.7 Å². The van der Waals surface area contributed by atoms with Crippen LogP contribution >= 0.6 is 0 Å². The third kappa shape index (κ3) is 4.02. The molecule has 0 aliphatic heterocycles. The van der Waals surface area contributed by atoms with Crippen LogP contribution in [0.5, 0.6) is 0 Å². The summed E-state index contributed by atoms with van der Waals surface area (Å²) < 4.78 is 13.2. The van der Waals surface area contributed by atoms with Crippen molar-refractivity contribution in [3.63, 3.8) is 0 Å². The lowest BCUT2D eigenvalue weighted by atomic mass is 10.4. The van der Waals surface area contributed by atoms with Gasteiger partial charge in [-0.2, -0.15) is 0 Å². The first-order valence-corrected chi connectivity index (χ1v) is 14.9. The van der Waals surface area contributed by atoms with E-state index in [9.17, 15) is 0 Å². The molecule has 0 N–H and O–H groups in total. The standard InChI is InChI=1S/C16H24O2Si3/c1-19(2)17-21(18-20(3)4,15-11-7-5-8-12-15)16-13-9-6-10-14-16/h5-14,19-20H,1-4H3/p+2. The van der Waals surface area contributed by atoms with Crippen molar-refractivity contribution in [2.45, 2.75) is 26.2 Å². The lowest BCUT2D eigenvalue weighted by molar-refractivity contribution is 0.434. The Morgan fingerprint density at radius 2 is 1.00 bits per heavy atom. The van der Waals surface area contributed by atoms with Crippen LogP contribution in [-0.4, -0.2) is 26.6 Å². The summed E-state index contributed by atoms with van der Waals surface area (Å²) in [5.74, 6) is 0.